The summed E-state index contributed by atoms with van der Waals surface area (Å²) in [4.78, 5) is 0. The topological polar surface area (TPSA) is 26.0 Å². The SMILES string of the molecule is CCCC(N)c1ccc(C)c(C)c1. The number of nitrogens with two attached hydrogens (primary N) is 1. The lowest BCUT2D eigenvalue weighted by Crippen LogP contribution is -2.09. The molecule has 0 saturated heterocycles. The summed E-state index contributed by atoms with van der Waals surface area (Å²) in [6.45, 7) is 6.43. The highest BCUT2D eigenvalue weighted by molar-refractivity contribution is 5.31. The van der Waals surface area contributed by atoms with Crippen molar-refractivity contribution in [2.24, 2.45) is 5.73 Å². The molecule has 1 atom stereocenters. The van der Waals surface area contributed by atoms with Gasteiger partial charge in [0.15, 0.2) is 0 Å². The van der Waals surface area contributed by atoms with Crippen LogP contribution in [0.1, 0.15) is 42.5 Å². The maximum Gasteiger partial charge on any atom is 0.0294 e. The first-order chi connectivity index (χ1) is 6.15. The van der Waals surface area contributed by atoms with Crippen LogP contribution in [-0.2, 0) is 0 Å². The summed E-state index contributed by atoms with van der Waals surface area (Å²) >= 11 is 0. The van der Waals surface area contributed by atoms with Crippen molar-refractivity contribution in [1.29, 1.82) is 0 Å². The Morgan fingerprint density at radius 1 is 1.23 bits per heavy atom. The van der Waals surface area contributed by atoms with E-state index in [-0.39, 0.29) is 6.04 Å². The molecular formula is C12H19N. The number of benzene rings is 1. The molecule has 0 amide bonds. The molecule has 0 fully saturated rings. The number of aryl methyl sites for hydroxylation is 2. The maximum absolute atomic E-state index is 6.02. The van der Waals surface area contributed by atoms with Crippen molar-refractivity contribution in [3.05, 3.63) is 34.9 Å². The Kier molecular flexibility index (Phi) is 3.49. The van der Waals surface area contributed by atoms with Crippen LogP contribution in [0.25, 0.3) is 0 Å². The fourth-order valence-corrected chi connectivity index (χ4v) is 1.47. The lowest BCUT2D eigenvalue weighted by Gasteiger charge is -2.12. The van der Waals surface area contributed by atoms with E-state index in [1.165, 1.54) is 16.7 Å². The van der Waals surface area contributed by atoms with Crippen molar-refractivity contribution in [2.75, 3.05) is 0 Å². The van der Waals surface area contributed by atoms with Crippen molar-refractivity contribution in [1.82, 2.24) is 0 Å². The highest BCUT2D eigenvalue weighted by Gasteiger charge is 2.04. The van der Waals surface area contributed by atoms with Crippen molar-refractivity contribution < 1.29 is 0 Å². The Bertz CT molecular complexity index is 278. The molecule has 2 N–H and O–H groups in total. The lowest BCUT2D eigenvalue weighted by molar-refractivity contribution is 0.638. The average molecular weight is 177 g/mol. The molecular weight excluding hydrogens is 158 g/mol. The van der Waals surface area contributed by atoms with Crippen molar-refractivity contribution in [3.8, 4) is 0 Å². The molecule has 0 saturated carbocycles. The molecule has 1 heteroatoms. The first kappa shape index (κ1) is 10.3. The minimum atomic E-state index is 0.212. The molecule has 0 radical (unpaired) electrons. The van der Waals surface area contributed by atoms with Crippen LogP contribution in [0.15, 0.2) is 18.2 Å². The predicted molar refractivity (Wildman–Crippen MR) is 57.8 cm³/mol. The summed E-state index contributed by atoms with van der Waals surface area (Å²) in [7, 11) is 0. The number of hydrogen-bond acceptors (Lipinski definition) is 1. The maximum atomic E-state index is 6.02. The summed E-state index contributed by atoms with van der Waals surface area (Å²) in [6, 6.07) is 6.71. The van der Waals surface area contributed by atoms with E-state index in [2.05, 4.69) is 39.0 Å². The van der Waals surface area contributed by atoms with Gasteiger partial charge in [-0.25, -0.2) is 0 Å². The van der Waals surface area contributed by atoms with E-state index in [9.17, 15) is 0 Å². The number of rotatable bonds is 3. The Morgan fingerprint density at radius 3 is 2.46 bits per heavy atom. The molecule has 1 nitrogen and oxygen atoms in total. The molecule has 72 valence electrons. The Morgan fingerprint density at radius 2 is 1.92 bits per heavy atom. The van der Waals surface area contributed by atoms with E-state index >= 15 is 0 Å². The van der Waals surface area contributed by atoms with Gasteiger partial charge in [0.05, 0.1) is 0 Å². The van der Waals surface area contributed by atoms with Crippen LogP contribution in [0.2, 0.25) is 0 Å². The van der Waals surface area contributed by atoms with Gasteiger partial charge in [-0.3, -0.25) is 0 Å². The molecule has 1 aromatic carbocycles. The molecule has 0 aliphatic rings. The van der Waals surface area contributed by atoms with Gasteiger partial charge in [0.1, 0.15) is 0 Å². The van der Waals surface area contributed by atoms with E-state index in [0.717, 1.165) is 12.8 Å². The third-order valence-electron chi connectivity index (χ3n) is 2.56. The summed E-state index contributed by atoms with van der Waals surface area (Å²) < 4.78 is 0. The van der Waals surface area contributed by atoms with Gasteiger partial charge in [-0.05, 0) is 37.0 Å². The van der Waals surface area contributed by atoms with E-state index in [1.807, 2.05) is 0 Å². The van der Waals surface area contributed by atoms with Crippen LogP contribution in [0.3, 0.4) is 0 Å². The Labute approximate surface area is 81.0 Å². The third-order valence-corrected chi connectivity index (χ3v) is 2.56. The van der Waals surface area contributed by atoms with Crippen LogP contribution < -0.4 is 5.73 Å². The minimum absolute atomic E-state index is 0.212. The van der Waals surface area contributed by atoms with Crippen LogP contribution >= 0.6 is 0 Å². The van der Waals surface area contributed by atoms with Gasteiger partial charge in [0.25, 0.3) is 0 Å². The van der Waals surface area contributed by atoms with E-state index < -0.39 is 0 Å². The van der Waals surface area contributed by atoms with Gasteiger partial charge < -0.3 is 5.73 Å². The van der Waals surface area contributed by atoms with Gasteiger partial charge in [0, 0.05) is 6.04 Å². The van der Waals surface area contributed by atoms with Gasteiger partial charge >= 0.3 is 0 Å². The normalized spacial score (nSPS) is 12.9. The second kappa shape index (κ2) is 4.43. The zero-order valence-electron chi connectivity index (χ0n) is 8.80. The average Bonchev–Trinajstić information content (AvgIpc) is 2.10. The fourth-order valence-electron chi connectivity index (χ4n) is 1.47. The molecule has 13 heavy (non-hydrogen) atoms. The van der Waals surface area contributed by atoms with Crippen LogP contribution in [0.4, 0.5) is 0 Å². The van der Waals surface area contributed by atoms with Gasteiger partial charge in [0.2, 0.25) is 0 Å². The Balaban J connectivity index is 2.84. The minimum Gasteiger partial charge on any atom is -0.324 e. The highest BCUT2D eigenvalue weighted by atomic mass is 14.6. The molecule has 1 unspecified atom stereocenters. The summed E-state index contributed by atoms with van der Waals surface area (Å²) in [5.74, 6) is 0. The van der Waals surface area contributed by atoms with E-state index in [4.69, 9.17) is 5.73 Å². The molecule has 0 heterocycles. The third kappa shape index (κ3) is 2.56. The summed E-state index contributed by atoms with van der Waals surface area (Å²) in [5, 5.41) is 0. The van der Waals surface area contributed by atoms with E-state index in [1.54, 1.807) is 0 Å². The van der Waals surface area contributed by atoms with Gasteiger partial charge in [-0.15, -0.1) is 0 Å². The highest BCUT2D eigenvalue weighted by Crippen LogP contribution is 2.18. The smallest absolute Gasteiger partial charge is 0.0294 e. The van der Waals surface area contributed by atoms with E-state index in [0.29, 0.717) is 0 Å². The first-order valence-corrected chi connectivity index (χ1v) is 4.98. The standard InChI is InChI=1S/C12H19N/c1-4-5-12(13)11-7-6-9(2)10(3)8-11/h6-8,12H,4-5,13H2,1-3H3. The molecule has 1 aromatic rings. The van der Waals surface area contributed by atoms with Crippen molar-refractivity contribution in [2.45, 2.75) is 39.7 Å². The second-order valence-electron chi connectivity index (χ2n) is 3.74. The van der Waals surface area contributed by atoms with Crippen LogP contribution in [0, 0.1) is 13.8 Å². The first-order valence-electron chi connectivity index (χ1n) is 4.98. The second-order valence-corrected chi connectivity index (χ2v) is 3.74. The lowest BCUT2D eigenvalue weighted by atomic mass is 9.99. The molecule has 1 rings (SSSR count). The summed E-state index contributed by atoms with van der Waals surface area (Å²) in [6.07, 6.45) is 2.22. The zero-order valence-corrected chi connectivity index (χ0v) is 8.80. The van der Waals surface area contributed by atoms with Crippen molar-refractivity contribution >= 4 is 0 Å². The largest absolute Gasteiger partial charge is 0.324 e. The molecule has 0 spiro atoms. The molecule has 0 bridgehead atoms. The quantitative estimate of drug-likeness (QED) is 0.754. The summed E-state index contributed by atoms with van der Waals surface area (Å²) in [5.41, 5.74) is 9.97. The van der Waals surface area contributed by atoms with Crippen LogP contribution in [0.5, 0.6) is 0 Å². The zero-order chi connectivity index (χ0) is 9.84. The van der Waals surface area contributed by atoms with Gasteiger partial charge in [-0.1, -0.05) is 31.5 Å². The fraction of sp³-hybridized carbons (Fsp3) is 0.500. The molecule has 0 aliphatic heterocycles. The molecule has 0 aromatic heterocycles. The monoisotopic (exact) mass is 177 g/mol. The van der Waals surface area contributed by atoms with Crippen molar-refractivity contribution in [3.63, 3.8) is 0 Å². The number of hydrogen-bond donors (Lipinski definition) is 1. The predicted octanol–water partition coefficient (Wildman–Crippen LogP) is 3.10. The van der Waals surface area contributed by atoms with Crippen LogP contribution in [-0.4, -0.2) is 0 Å². The molecule has 0 aliphatic carbocycles. The Hall–Kier alpha value is -0.820. The van der Waals surface area contributed by atoms with Gasteiger partial charge in [-0.2, -0.15) is 0 Å².